The second kappa shape index (κ2) is 6.69. The zero-order chi connectivity index (χ0) is 16.2. The minimum Gasteiger partial charge on any atom is -0.338 e. The number of aryl methyl sites for hydroxylation is 1. The predicted octanol–water partition coefficient (Wildman–Crippen LogP) is 2.31. The topological polar surface area (TPSA) is 89.3 Å². The first-order valence-electron chi connectivity index (χ1n) is 6.58. The van der Waals surface area contributed by atoms with Gasteiger partial charge in [0.2, 0.25) is 11.8 Å². The molecule has 0 spiro atoms. The lowest BCUT2D eigenvalue weighted by Crippen LogP contribution is -2.14. The molecule has 2 aromatic rings. The van der Waals surface area contributed by atoms with Crippen LogP contribution in [0.3, 0.4) is 0 Å². The van der Waals surface area contributed by atoms with Gasteiger partial charge < -0.3 is 4.52 Å². The van der Waals surface area contributed by atoms with Crippen molar-refractivity contribution in [2.75, 3.05) is 11.1 Å². The molecule has 0 radical (unpaired) electrons. The van der Waals surface area contributed by atoms with E-state index >= 15 is 0 Å². The highest BCUT2D eigenvalue weighted by atomic mass is 32.2. The maximum absolute atomic E-state index is 12.8. The van der Waals surface area contributed by atoms with Crippen molar-refractivity contribution in [2.45, 2.75) is 24.7 Å². The molecule has 0 aliphatic carbocycles. The minimum atomic E-state index is -3.52. The lowest BCUT2D eigenvalue weighted by molar-refractivity contribution is -0.116. The minimum absolute atomic E-state index is 0.0279. The van der Waals surface area contributed by atoms with E-state index in [4.69, 9.17) is 4.52 Å². The number of nitrogens with zero attached hydrogens (tertiary/aromatic N) is 1. The third kappa shape index (κ3) is 4.39. The summed E-state index contributed by atoms with van der Waals surface area (Å²) in [4.78, 5) is 11.7. The fourth-order valence-corrected chi connectivity index (χ4v) is 3.12. The van der Waals surface area contributed by atoms with Crippen molar-refractivity contribution in [3.05, 3.63) is 41.8 Å². The molecule has 0 saturated carbocycles. The summed E-state index contributed by atoms with van der Waals surface area (Å²) in [5.41, 5.74) is 0.634. The number of carbonyl (C=O) groups is 1. The number of rotatable bonds is 6. The van der Waals surface area contributed by atoms with E-state index in [9.17, 15) is 17.6 Å². The van der Waals surface area contributed by atoms with Gasteiger partial charge in [0.1, 0.15) is 5.82 Å². The van der Waals surface area contributed by atoms with Crippen molar-refractivity contribution in [1.29, 1.82) is 0 Å². The van der Waals surface area contributed by atoms with Gasteiger partial charge >= 0.3 is 0 Å². The monoisotopic (exact) mass is 326 g/mol. The molecule has 0 bridgehead atoms. The summed E-state index contributed by atoms with van der Waals surface area (Å²) < 4.78 is 41.6. The Morgan fingerprint density at radius 2 is 2.00 bits per heavy atom. The van der Waals surface area contributed by atoms with Crippen molar-refractivity contribution < 1.29 is 22.1 Å². The first-order valence-corrected chi connectivity index (χ1v) is 8.23. The van der Waals surface area contributed by atoms with Crippen LogP contribution in [0.5, 0.6) is 0 Å². The van der Waals surface area contributed by atoms with Crippen LogP contribution in [0, 0.1) is 12.7 Å². The zero-order valence-corrected chi connectivity index (χ0v) is 12.7. The molecular weight excluding hydrogens is 311 g/mol. The van der Waals surface area contributed by atoms with E-state index in [-0.39, 0.29) is 35.3 Å². The molecular formula is C14H15FN2O4S. The fraction of sp³-hybridized carbons (Fsp3) is 0.286. The Morgan fingerprint density at radius 3 is 2.59 bits per heavy atom. The van der Waals surface area contributed by atoms with Gasteiger partial charge in [0.05, 0.1) is 16.3 Å². The van der Waals surface area contributed by atoms with Crippen LogP contribution in [0.25, 0.3) is 0 Å². The number of nitrogens with one attached hydrogen (secondary N) is 1. The van der Waals surface area contributed by atoms with Crippen LogP contribution in [-0.2, 0) is 14.6 Å². The second-order valence-electron chi connectivity index (χ2n) is 4.76. The molecule has 0 unspecified atom stereocenters. The van der Waals surface area contributed by atoms with Crippen LogP contribution in [0.2, 0.25) is 0 Å². The summed E-state index contributed by atoms with van der Waals surface area (Å²) in [5, 5.41) is 6.10. The van der Waals surface area contributed by atoms with E-state index < -0.39 is 15.7 Å². The number of halogens is 1. The van der Waals surface area contributed by atoms with Crippen LogP contribution in [-0.4, -0.2) is 25.2 Å². The van der Waals surface area contributed by atoms with E-state index in [0.29, 0.717) is 5.69 Å². The number of amides is 1. The van der Waals surface area contributed by atoms with Gasteiger partial charge in [-0.05, 0) is 37.6 Å². The Morgan fingerprint density at radius 1 is 1.32 bits per heavy atom. The first kappa shape index (κ1) is 16.2. The summed E-state index contributed by atoms with van der Waals surface area (Å²) in [6.45, 7) is 1.72. The highest BCUT2D eigenvalue weighted by Gasteiger charge is 2.15. The molecule has 118 valence electrons. The summed E-state index contributed by atoms with van der Waals surface area (Å²) in [7, 11) is -3.52. The van der Waals surface area contributed by atoms with Gasteiger partial charge in [0, 0.05) is 12.5 Å². The Balaban J connectivity index is 1.84. The van der Waals surface area contributed by atoms with Crippen LogP contribution in [0.1, 0.15) is 18.5 Å². The summed E-state index contributed by atoms with van der Waals surface area (Å²) in [6.07, 6.45) is 0.179. The Hall–Kier alpha value is -2.22. The molecule has 1 aromatic heterocycles. The van der Waals surface area contributed by atoms with Crippen molar-refractivity contribution in [2.24, 2.45) is 0 Å². The average molecular weight is 326 g/mol. The van der Waals surface area contributed by atoms with Crippen molar-refractivity contribution in [3.8, 4) is 0 Å². The molecule has 6 nitrogen and oxygen atoms in total. The van der Waals surface area contributed by atoms with Gasteiger partial charge in [-0.25, -0.2) is 12.8 Å². The summed E-state index contributed by atoms with van der Waals surface area (Å²) in [5.74, 6) is -0.823. The Kier molecular flexibility index (Phi) is 4.92. The van der Waals surface area contributed by atoms with Crippen molar-refractivity contribution in [1.82, 2.24) is 5.16 Å². The van der Waals surface area contributed by atoms with E-state index in [0.717, 1.165) is 12.1 Å². The first-order chi connectivity index (χ1) is 10.4. The SMILES string of the molecule is Cc1cc(NC(=O)CCCS(=O)(=O)c2ccc(F)cc2)on1. The van der Waals surface area contributed by atoms with Gasteiger partial charge in [-0.2, -0.15) is 0 Å². The van der Waals surface area contributed by atoms with Crippen molar-refractivity contribution >= 4 is 21.6 Å². The van der Waals surface area contributed by atoms with Gasteiger partial charge in [-0.1, -0.05) is 5.16 Å². The van der Waals surface area contributed by atoms with Crippen LogP contribution in [0.4, 0.5) is 10.3 Å². The van der Waals surface area contributed by atoms with E-state index in [2.05, 4.69) is 10.5 Å². The number of anilines is 1. The maximum Gasteiger partial charge on any atom is 0.231 e. The summed E-state index contributed by atoms with van der Waals surface area (Å²) >= 11 is 0. The molecule has 2 rings (SSSR count). The summed E-state index contributed by atoms with van der Waals surface area (Å²) in [6, 6.07) is 6.16. The van der Waals surface area contributed by atoms with Crippen LogP contribution >= 0.6 is 0 Å². The lowest BCUT2D eigenvalue weighted by atomic mass is 10.3. The van der Waals surface area contributed by atoms with E-state index in [1.807, 2.05) is 0 Å². The molecule has 0 fully saturated rings. The molecule has 0 aliphatic rings. The van der Waals surface area contributed by atoms with Gasteiger partial charge in [-0.15, -0.1) is 0 Å². The largest absolute Gasteiger partial charge is 0.338 e. The van der Waals surface area contributed by atoms with Crippen molar-refractivity contribution in [3.63, 3.8) is 0 Å². The zero-order valence-electron chi connectivity index (χ0n) is 11.9. The molecule has 1 amide bonds. The van der Waals surface area contributed by atoms with E-state index in [1.165, 1.54) is 12.1 Å². The third-order valence-corrected chi connectivity index (χ3v) is 4.70. The number of aromatic nitrogens is 1. The predicted molar refractivity (Wildman–Crippen MR) is 77.6 cm³/mol. The Labute approximate surface area is 127 Å². The molecule has 8 heteroatoms. The molecule has 22 heavy (non-hydrogen) atoms. The van der Waals surface area contributed by atoms with Gasteiger partial charge in [-0.3, -0.25) is 10.1 Å². The normalized spacial score (nSPS) is 11.4. The number of sulfone groups is 1. The molecule has 0 saturated heterocycles. The molecule has 1 aromatic carbocycles. The number of benzene rings is 1. The molecule has 1 heterocycles. The number of hydrogen-bond donors (Lipinski definition) is 1. The molecule has 0 aliphatic heterocycles. The quantitative estimate of drug-likeness (QED) is 0.823. The maximum atomic E-state index is 12.8. The molecule has 1 N–H and O–H groups in total. The van der Waals surface area contributed by atoms with Crippen LogP contribution < -0.4 is 5.32 Å². The highest BCUT2D eigenvalue weighted by molar-refractivity contribution is 7.91. The fourth-order valence-electron chi connectivity index (χ4n) is 1.80. The lowest BCUT2D eigenvalue weighted by Gasteiger charge is -2.04. The Bertz CT molecular complexity index is 753. The van der Waals surface area contributed by atoms with Gasteiger partial charge in [0.15, 0.2) is 9.84 Å². The average Bonchev–Trinajstić information content (AvgIpc) is 2.84. The molecule has 0 atom stereocenters. The number of hydrogen-bond acceptors (Lipinski definition) is 5. The second-order valence-corrected chi connectivity index (χ2v) is 6.87. The third-order valence-electron chi connectivity index (χ3n) is 2.88. The smallest absolute Gasteiger partial charge is 0.231 e. The van der Waals surface area contributed by atoms with Crippen LogP contribution in [0.15, 0.2) is 39.8 Å². The highest BCUT2D eigenvalue weighted by Crippen LogP contribution is 2.14. The van der Waals surface area contributed by atoms with E-state index in [1.54, 1.807) is 13.0 Å². The standard InChI is InChI=1S/C14H15FN2O4S/c1-10-9-14(21-17-10)16-13(18)3-2-8-22(19,20)12-6-4-11(15)5-7-12/h4-7,9H,2-3,8H2,1H3,(H,16,18). The van der Waals surface area contributed by atoms with Gasteiger partial charge in [0.25, 0.3) is 0 Å². The number of carbonyl (C=O) groups excluding carboxylic acids is 1.